The maximum absolute atomic E-state index is 13.2. The Bertz CT molecular complexity index is 1120. The van der Waals surface area contributed by atoms with Crippen molar-refractivity contribution >= 4 is 20.9 Å². The van der Waals surface area contributed by atoms with E-state index in [1.54, 1.807) is 18.3 Å². The Morgan fingerprint density at radius 2 is 1.80 bits per heavy atom. The quantitative estimate of drug-likeness (QED) is 0.657. The largest absolute Gasteiger partial charge is 0.379 e. The van der Waals surface area contributed by atoms with E-state index in [0.717, 1.165) is 29.6 Å². The highest BCUT2D eigenvalue weighted by Crippen LogP contribution is 2.25. The van der Waals surface area contributed by atoms with Crippen molar-refractivity contribution < 1.29 is 13.2 Å². The van der Waals surface area contributed by atoms with Crippen LogP contribution in [0, 0.1) is 13.8 Å². The first-order valence-corrected chi connectivity index (χ1v) is 11.7. The molecule has 1 aromatic heterocycles. The van der Waals surface area contributed by atoms with E-state index in [9.17, 15) is 8.42 Å². The summed E-state index contributed by atoms with van der Waals surface area (Å²) >= 11 is 0. The summed E-state index contributed by atoms with van der Waals surface area (Å²) in [6.07, 6.45) is 1.70. The van der Waals surface area contributed by atoms with Crippen LogP contribution in [-0.2, 0) is 14.8 Å². The van der Waals surface area contributed by atoms with Gasteiger partial charge in [-0.15, -0.1) is 0 Å². The molecule has 0 bridgehead atoms. The summed E-state index contributed by atoms with van der Waals surface area (Å²) in [5, 5.41) is 0.820. The van der Waals surface area contributed by atoms with Crippen LogP contribution in [0.25, 0.3) is 10.9 Å². The Morgan fingerprint density at radius 1 is 1.07 bits per heavy atom. The van der Waals surface area contributed by atoms with Crippen LogP contribution in [0.3, 0.4) is 0 Å². The minimum atomic E-state index is -3.72. The molecule has 1 saturated heterocycles. The van der Waals surface area contributed by atoms with Gasteiger partial charge in [-0.2, -0.15) is 0 Å². The number of rotatable bonds is 6. The number of aryl methyl sites for hydroxylation is 2. The van der Waals surface area contributed by atoms with Crippen LogP contribution in [0.2, 0.25) is 0 Å². The molecule has 2 aromatic carbocycles. The Kier molecular flexibility index (Phi) is 6.15. The predicted molar refractivity (Wildman–Crippen MR) is 118 cm³/mol. The molecule has 1 aliphatic rings. The molecule has 1 unspecified atom stereocenters. The molecule has 0 radical (unpaired) electrons. The van der Waals surface area contributed by atoms with Crippen molar-refractivity contribution in [2.75, 3.05) is 32.8 Å². The van der Waals surface area contributed by atoms with Gasteiger partial charge in [0.15, 0.2) is 0 Å². The molecule has 1 atom stereocenters. The molecular weight excluding hydrogens is 398 g/mol. The first kappa shape index (κ1) is 20.9. The summed E-state index contributed by atoms with van der Waals surface area (Å²) in [6.45, 7) is 7.13. The molecule has 0 spiro atoms. The topological polar surface area (TPSA) is 71.5 Å². The van der Waals surface area contributed by atoms with Gasteiger partial charge in [0.25, 0.3) is 0 Å². The first-order chi connectivity index (χ1) is 14.4. The zero-order chi connectivity index (χ0) is 21.1. The Morgan fingerprint density at radius 3 is 2.53 bits per heavy atom. The highest BCUT2D eigenvalue weighted by Gasteiger charge is 2.26. The molecule has 3 aromatic rings. The number of pyridine rings is 1. The second-order valence-corrected chi connectivity index (χ2v) is 9.50. The first-order valence-electron chi connectivity index (χ1n) is 10.2. The Labute approximate surface area is 177 Å². The van der Waals surface area contributed by atoms with Gasteiger partial charge < -0.3 is 4.74 Å². The second-order valence-electron chi connectivity index (χ2n) is 7.77. The van der Waals surface area contributed by atoms with Crippen molar-refractivity contribution in [3.8, 4) is 0 Å². The summed E-state index contributed by atoms with van der Waals surface area (Å²) in [6, 6.07) is 15.4. The van der Waals surface area contributed by atoms with Gasteiger partial charge >= 0.3 is 0 Å². The summed E-state index contributed by atoms with van der Waals surface area (Å²) < 4.78 is 34.7. The number of morpholine rings is 1. The fraction of sp³-hybridized carbons (Fsp3) is 0.348. The number of fused-ring (bicyclic) bond motifs is 1. The van der Waals surface area contributed by atoms with E-state index in [-0.39, 0.29) is 17.5 Å². The zero-order valence-corrected chi connectivity index (χ0v) is 18.2. The number of hydrogen-bond donors (Lipinski definition) is 1. The van der Waals surface area contributed by atoms with Crippen LogP contribution in [0.1, 0.15) is 22.7 Å². The van der Waals surface area contributed by atoms with Crippen LogP contribution >= 0.6 is 0 Å². The van der Waals surface area contributed by atoms with Crippen molar-refractivity contribution in [1.82, 2.24) is 14.6 Å². The highest BCUT2D eigenvalue weighted by atomic mass is 32.2. The van der Waals surface area contributed by atoms with Crippen LogP contribution in [-0.4, -0.2) is 51.1 Å². The third kappa shape index (κ3) is 4.54. The normalized spacial score (nSPS) is 16.6. The molecule has 1 fully saturated rings. The monoisotopic (exact) mass is 425 g/mol. The maximum Gasteiger partial charge on any atom is 0.242 e. The molecule has 0 saturated carbocycles. The molecule has 2 heterocycles. The SMILES string of the molecule is Cc1ccc(C(CNS(=O)(=O)c2cccc3cc(C)cnc23)N2CCOCC2)cc1. The predicted octanol–water partition coefficient (Wildman–Crippen LogP) is 3.20. The van der Waals surface area contributed by atoms with Crippen molar-refractivity contribution in [2.24, 2.45) is 0 Å². The lowest BCUT2D eigenvalue weighted by Crippen LogP contribution is -2.43. The van der Waals surface area contributed by atoms with Gasteiger partial charge in [0, 0.05) is 37.3 Å². The highest BCUT2D eigenvalue weighted by molar-refractivity contribution is 7.89. The minimum Gasteiger partial charge on any atom is -0.379 e. The molecule has 4 rings (SSSR count). The summed E-state index contributed by atoms with van der Waals surface area (Å²) in [7, 11) is -3.72. The smallest absolute Gasteiger partial charge is 0.242 e. The number of nitrogens with one attached hydrogen (secondary N) is 1. The van der Waals surface area contributed by atoms with Crippen LogP contribution in [0.15, 0.2) is 59.6 Å². The fourth-order valence-electron chi connectivity index (χ4n) is 3.86. The number of para-hydroxylation sites is 1. The molecular formula is C23H27N3O3S. The van der Waals surface area contributed by atoms with Crippen molar-refractivity contribution in [2.45, 2.75) is 24.8 Å². The molecule has 1 N–H and O–H groups in total. The minimum absolute atomic E-state index is 0.0607. The lowest BCUT2D eigenvalue weighted by Gasteiger charge is -2.35. The van der Waals surface area contributed by atoms with Gasteiger partial charge in [0.05, 0.1) is 18.7 Å². The lowest BCUT2D eigenvalue weighted by molar-refractivity contribution is 0.0172. The van der Waals surface area contributed by atoms with Gasteiger partial charge in [0.2, 0.25) is 10.0 Å². The fourth-order valence-corrected chi connectivity index (χ4v) is 5.08. The second kappa shape index (κ2) is 8.81. The van der Waals surface area contributed by atoms with E-state index in [4.69, 9.17) is 4.74 Å². The van der Waals surface area contributed by atoms with E-state index < -0.39 is 10.0 Å². The molecule has 158 valence electrons. The van der Waals surface area contributed by atoms with E-state index in [1.165, 1.54) is 5.56 Å². The summed E-state index contributed by atoms with van der Waals surface area (Å²) in [5.41, 5.74) is 3.76. The van der Waals surface area contributed by atoms with E-state index in [2.05, 4.69) is 38.9 Å². The average molecular weight is 426 g/mol. The number of nitrogens with zero attached hydrogens (tertiary/aromatic N) is 2. The van der Waals surface area contributed by atoms with Gasteiger partial charge in [-0.3, -0.25) is 9.88 Å². The molecule has 0 amide bonds. The number of hydrogen-bond acceptors (Lipinski definition) is 5. The van der Waals surface area contributed by atoms with E-state index in [1.807, 2.05) is 26.0 Å². The van der Waals surface area contributed by atoms with Crippen LogP contribution in [0.4, 0.5) is 0 Å². The van der Waals surface area contributed by atoms with Gasteiger partial charge in [0.1, 0.15) is 4.90 Å². The number of aromatic nitrogens is 1. The van der Waals surface area contributed by atoms with Crippen molar-refractivity contribution in [3.63, 3.8) is 0 Å². The van der Waals surface area contributed by atoms with Crippen molar-refractivity contribution in [3.05, 3.63) is 71.4 Å². The molecule has 30 heavy (non-hydrogen) atoms. The van der Waals surface area contributed by atoms with Crippen LogP contribution in [0.5, 0.6) is 0 Å². The Balaban J connectivity index is 1.62. The zero-order valence-electron chi connectivity index (χ0n) is 17.3. The van der Waals surface area contributed by atoms with Crippen molar-refractivity contribution in [1.29, 1.82) is 0 Å². The summed E-state index contributed by atoms with van der Waals surface area (Å²) in [4.78, 5) is 6.88. The Hall–Kier alpha value is -2.32. The van der Waals surface area contributed by atoms with E-state index >= 15 is 0 Å². The van der Waals surface area contributed by atoms with E-state index in [0.29, 0.717) is 18.7 Å². The lowest BCUT2D eigenvalue weighted by atomic mass is 10.0. The molecule has 1 aliphatic heterocycles. The molecule has 7 heteroatoms. The molecule has 0 aliphatic carbocycles. The summed E-state index contributed by atoms with van der Waals surface area (Å²) in [5.74, 6) is 0. The third-order valence-electron chi connectivity index (χ3n) is 5.52. The number of sulfonamides is 1. The third-order valence-corrected chi connectivity index (χ3v) is 6.97. The van der Waals surface area contributed by atoms with Gasteiger partial charge in [-0.05, 0) is 37.1 Å². The standard InChI is InChI=1S/C23H27N3O3S/c1-17-6-8-19(9-7-17)21(26-10-12-29-13-11-26)16-25-30(27,28)22-5-3-4-20-14-18(2)15-24-23(20)22/h3-9,14-15,21,25H,10-13,16H2,1-2H3. The number of benzene rings is 2. The molecule has 6 nitrogen and oxygen atoms in total. The number of ether oxygens (including phenoxy) is 1. The van der Waals surface area contributed by atoms with Gasteiger partial charge in [-0.25, -0.2) is 13.1 Å². The average Bonchev–Trinajstić information content (AvgIpc) is 2.75. The van der Waals surface area contributed by atoms with Gasteiger partial charge in [-0.1, -0.05) is 42.0 Å². The maximum atomic E-state index is 13.2. The van der Waals surface area contributed by atoms with Crippen LogP contribution < -0.4 is 4.72 Å².